The van der Waals surface area contributed by atoms with Crippen molar-refractivity contribution in [1.29, 1.82) is 0 Å². The lowest BCUT2D eigenvalue weighted by Gasteiger charge is -2.34. The molecule has 3 aromatic rings. The zero-order valence-corrected chi connectivity index (χ0v) is 20.2. The van der Waals surface area contributed by atoms with E-state index >= 15 is 0 Å². The number of hydrogen-bond acceptors (Lipinski definition) is 7. The topological polar surface area (TPSA) is 111 Å². The van der Waals surface area contributed by atoms with Gasteiger partial charge < -0.3 is 9.64 Å². The third kappa shape index (κ3) is 5.35. The van der Waals surface area contributed by atoms with Crippen molar-refractivity contribution in [2.24, 2.45) is 0 Å². The van der Waals surface area contributed by atoms with Crippen LogP contribution >= 0.6 is 0 Å². The summed E-state index contributed by atoms with van der Waals surface area (Å²) in [5, 5.41) is 12.1. The molecule has 35 heavy (non-hydrogen) atoms. The lowest BCUT2D eigenvalue weighted by molar-refractivity contribution is -0.133. The summed E-state index contributed by atoms with van der Waals surface area (Å²) in [6.45, 7) is 1.24. The molecule has 0 N–H and O–H groups in total. The molecule has 2 aromatic carbocycles. The van der Waals surface area contributed by atoms with Gasteiger partial charge in [0, 0.05) is 26.2 Å². The Hall–Kier alpha value is -3.31. The molecule has 1 aliphatic carbocycles. The maximum atomic E-state index is 13.2. The molecule has 0 radical (unpaired) electrons. The number of sulfonamides is 1. The van der Waals surface area contributed by atoms with Crippen LogP contribution in [0, 0.1) is 0 Å². The normalized spacial score (nSPS) is 16.6. The Morgan fingerprint density at radius 3 is 2.46 bits per heavy atom. The average Bonchev–Trinajstić information content (AvgIpc) is 3.35. The minimum atomic E-state index is -3.59. The van der Waals surface area contributed by atoms with Crippen molar-refractivity contribution < 1.29 is 17.9 Å². The van der Waals surface area contributed by atoms with E-state index in [2.05, 4.69) is 15.4 Å². The van der Waals surface area contributed by atoms with Gasteiger partial charge in [0.15, 0.2) is 6.61 Å². The molecule has 0 atom stereocenters. The van der Waals surface area contributed by atoms with Crippen LogP contribution in [0.4, 0.5) is 0 Å². The highest BCUT2D eigenvalue weighted by Crippen LogP contribution is 2.26. The van der Waals surface area contributed by atoms with Crippen LogP contribution in [0.2, 0.25) is 0 Å². The molecular weight excluding hydrogens is 468 g/mol. The molecule has 1 saturated heterocycles. The first-order valence-electron chi connectivity index (χ1n) is 11.8. The van der Waals surface area contributed by atoms with Crippen molar-refractivity contribution in [3.05, 3.63) is 65.5 Å². The van der Waals surface area contributed by atoms with Crippen LogP contribution in [-0.2, 0) is 40.8 Å². The molecule has 1 amide bonds. The number of aromatic nitrogens is 4. The number of rotatable bonds is 7. The van der Waals surface area contributed by atoms with Gasteiger partial charge in [-0.25, -0.2) is 8.42 Å². The van der Waals surface area contributed by atoms with E-state index in [1.807, 2.05) is 42.5 Å². The molecule has 1 aromatic heterocycles. The fourth-order valence-electron chi connectivity index (χ4n) is 4.48. The highest BCUT2D eigenvalue weighted by atomic mass is 32.2. The van der Waals surface area contributed by atoms with Gasteiger partial charge in [-0.15, -0.1) is 10.2 Å². The number of para-hydroxylation sites is 1. The Labute approximate surface area is 204 Å². The Bertz CT molecular complexity index is 1290. The number of tetrazole rings is 1. The number of piperazine rings is 1. The number of carbonyl (C=O) groups is 1. The number of nitrogens with zero attached hydrogens (tertiary/aromatic N) is 6. The van der Waals surface area contributed by atoms with Crippen LogP contribution in [0.15, 0.2) is 53.4 Å². The minimum Gasteiger partial charge on any atom is -0.485 e. The van der Waals surface area contributed by atoms with Crippen LogP contribution in [0.1, 0.15) is 29.8 Å². The first-order valence-corrected chi connectivity index (χ1v) is 13.3. The van der Waals surface area contributed by atoms with Crippen molar-refractivity contribution in [1.82, 2.24) is 29.4 Å². The Kier molecular flexibility index (Phi) is 6.78. The van der Waals surface area contributed by atoms with E-state index in [4.69, 9.17) is 4.74 Å². The van der Waals surface area contributed by atoms with Crippen molar-refractivity contribution >= 4 is 15.9 Å². The molecule has 0 unspecified atom stereocenters. The smallest absolute Gasteiger partial charge is 0.246 e. The van der Waals surface area contributed by atoms with Crippen molar-refractivity contribution in [2.75, 3.05) is 26.2 Å². The average molecular weight is 497 g/mol. The first kappa shape index (κ1) is 23.4. The predicted octanol–water partition coefficient (Wildman–Crippen LogP) is 1.66. The second kappa shape index (κ2) is 10.1. The molecule has 11 heteroatoms. The van der Waals surface area contributed by atoms with Gasteiger partial charge in [-0.3, -0.25) is 4.79 Å². The SMILES string of the molecule is O=C(Cn1nnc(COc2ccccc2)n1)N1CCN(S(=O)(=O)c2ccc3c(c2)CCCC3)CC1. The highest BCUT2D eigenvalue weighted by Gasteiger charge is 2.31. The molecule has 1 aliphatic heterocycles. The number of aryl methyl sites for hydroxylation is 2. The maximum absolute atomic E-state index is 13.2. The van der Waals surface area contributed by atoms with Crippen LogP contribution in [0.25, 0.3) is 0 Å². The molecule has 0 bridgehead atoms. The largest absolute Gasteiger partial charge is 0.485 e. The Morgan fingerprint density at radius 2 is 1.69 bits per heavy atom. The van der Waals surface area contributed by atoms with Gasteiger partial charge in [0.1, 0.15) is 12.3 Å². The van der Waals surface area contributed by atoms with Gasteiger partial charge in [-0.2, -0.15) is 9.10 Å². The summed E-state index contributed by atoms with van der Waals surface area (Å²) in [6, 6.07) is 14.8. The Morgan fingerprint density at radius 1 is 0.943 bits per heavy atom. The minimum absolute atomic E-state index is 0.0596. The molecular formula is C24H28N6O4S. The maximum Gasteiger partial charge on any atom is 0.246 e. The fraction of sp³-hybridized carbons (Fsp3) is 0.417. The predicted molar refractivity (Wildman–Crippen MR) is 127 cm³/mol. The van der Waals surface area contributed by atoms with Gasteiger partial charge in [-0.1, -0.05) is 24.3 Å². The third-order valence-corrected chi connectivity index (χ3v) is 8.33. The molecule has 1 fully saturated rings. The summed E-state index contributed by atoms with van der Waals surface area (Å²) in [5.74, 6) is 0.898. The first-order chi connectivity index (χ1) is 17.0. The number of amides is 1. The van der Waals surface area contributed by atoms with Gasteiger partial charge in [-0.05, 0) is 66.3 Å². The molecule has 5 rings (SSSR count). The van der Waals surface area contributed by atoms with E-state index in [1.54, 1.807) is 11.0 Å². The third-order valence-electron chi connectivity index (χ3n) is 6.43. The zero-order chi connectivity index (χ0) is 24.3. The number of hydrogen-bond donors (Lipinski definition) is 0. The summed E-state index contributed by atoms with van der Waals surface area (Å²) in [7, 11) is -3.59. The molecule has 0 spiro atoms. The van der Waals surface area contributed by atoms with Crippen LogP contribution in [-0.4, -0.2) is 69.9 Å². The number of carbonyl (C=O) groups excluding carboxylic acids is 1. The summed E-state index contributed by atoms with van der Waals surface area (Å²) in [4.78, 5) is 16.0. The monoisotopic (exact) mass is 496 g/mol. The van der Waals surface area contributed by atoms with Crippen LogP contribution < -0.4 is 4.74 Å². The van der Waals surface area contributed by atoms with Crippen LogP contribution in [0.5, 0.6) is 5.75 Å². The van der Waals surface area contributed by atoms with Crippen molar-refractivity contribution in [3.8, 4) is 5.75 Å². The van der Waals surface area contributed by atoms with Gasteiger partial charge in [0.25, 0.3) is 0 Å². The van der Waals surface area contributed by atoms with Crippen molar-refractivity contribution in [2.45, 2.75) is 43.7 Å². The summed E-state index contributed by atoms with van der Waals surface area (Å²) >= 11 is 0. The number of benzene rings is 2. The molecule has 2 aliphatic rings. The zero-order valence-electron chi connectivity index (χ0n) is 19.4. The fourth-order valence-corrected chi connectivity index (χ4v) is 5.96. The lowest BCUT2D eigenvalue weighted by atomic mass is 9.92. The highest BCUT2D eigenvalue weighted by molar-refractivity contribution is 7.89. The van der Waals surface area contributed by atoms with E-state index in [0.29, 0.717) is 29.6 Å². The molecule has 10 nitrogen and oxygen atoms in total. The van der Waals surface area contributed by atoms with Crippen molar-refractivity contribution in [3.63, 3.8) is 0 Å². The van der Waals surface area contributed by atoms with E-state index in [1.165, 1.54) is 14.7 Å². The summed E-state index contributed by atoms with van der Waals surface area (Å²) in [6.07, 6.45) is 4.19. The van der Waals surface area contributed by atoms with E-state index in [9.17, 15) is 13.2 Å². The molecule has 0 saturated carbocycles. The summed E-state index contributed by atoms with van der Waals surface area (Å²) in [5.41, 5.74) is 2.39. The number of fused-ring (bicyclic) bond motifs is 1. The number of ether oxygens (including phenoxy) is 1. The lowest BCUT2D eigenvalue weighted by Crippen LogP contribution is -2.51. The van der Waals surface area contributed by atoms with E-state index in [-0.39, 0.29) is 32.1 Å². The van der Waals surface area contributed by atoms with E-state index in [0.717, 1.165) is 31.2 Å². The van der Waals surface area contributed by atoms with Gasteiger partial charge in [0.2, 0.25) is 21.8 Å². The molecule has 184 valence electrons. The molecule has 2 heterocycles. The van der Waals surface area contributed by atoms with Gasteiger partial charge >= 0.3 is 0 Å². The van der Waals surface area contributed by atoms with E-state index < -0.39 is 10.0 Å². The quantitative estimate of drug-likeness (QED) is 0.489. The second-order valence-corrected chi connectivity index (χ2v) is 10.7. The van der Waals surface area contributed by atoms with Crippen LogP contribution in [0.3, 0.4) is 0 Å². The standard InChI is InChI=1S/C24H28N6O4S/c31-24(17-30-26-23(25-27-30)18-34-21-8-2-1-3-9-21)28-12-14-29(15-13-28)35(32,33)22-11-10-19-6-4-5-7-20(19)16-22/h1-3,8-11,16H,4-7,12-15,17-18H2. The second-order valence-electron chi connectivity index (χ2n) is 8.76. The summed E-state index contributed by atoms with van der Waals surface area (Å²) < 4.78 is 33.4. The van der Waals surface area contributed by atoms with Gasteiger partial charge in [0.05, 0.1) is 4.90 Å². The Balaban J connectivity index is 1.14.